The monoisotopic (exact) mass is 437 g/mol. The number of unbranched alkanes of at least 4 members (excludes halogenated alkanes) is 1. The summed E-state index contributed by atoms with van der Waals surface area (Å²) in [5.74, 6) is 0.475. The highest BCUT2D eigenvalue weighted by Crippen LogP contribution is 2.37. The van der Waals surface area contributed by atoms with Gasteiger partial charge in [-0.1, -0.05) is 65.3 Å². The number of hydrogen-bond acceptors (Lipinski definition) is 4. The molecule has 1 atom stereocenters. The van der Waals surface area contributed by atoms with Gasteiger partial charge in [0.25, 0.3) is 5.56 Å². The second kappa shape index (κ2) is 9.82. The predicted octanol–water partition coefficient (Wildman–Crippen LogP) is 4.77. The molecule has 2 aromatic heterocycles. The molecule has 1 unspecified atom stereocenters. The predicted molar refractivity (Wildman–Crippen MR) is 130 cm³/mol. The van der Waals surface area contributed by atoms with Gasteiger partial charge in [0.05, 0.1) is 28.9 Å². The Balaban J connectivity index is 2.47. The van der Waals surface area contributed by atoms with Gasteiger partial charge in [-0.2, -0.15) is 0 Å². The molecule has 0 aliphatic heterocycles. The number of aliphatic hydroxyl groups excluding tert-OH is 1. The summed E-state index contributed by atoms with van der Waals surface area (Å²) in [5.41, 5.74) is 2.92. The van der Waals surface area contributed by atoms with Gasteiger partial charge in [-0.15, -0.1) is 0 Å². The molecule has 3 rings (SSSR count). The van der Waals surface area contributed by atoms with Crippen LogP contribution in [0.1, 0.15) is 77.0 Å². The lowest BCUT2D eigenvalue weighted by molar-refractivity contribution is 0.152. The summed E-state index contributed by atoms with van der Waals surface area (Å²) in [4.78, 5) is 31.2. The molecular weight excluding hydrogens is 402 g/mol. The van der Waals surface area contributed by atoms with E-state index in [-0.39, 0.29) is 23.1 Å². The summed E-state index contributed by atoms with van der Waals surface area (Å²) in [5, 5.41) is 11.7. The summed E-state index contributed by atoms with van der Waals surface area (Å²) in [6, 6.07) is 7.99. The molecule has 6 nitrogen and oxygen atoms in total. The number of aliphatic hydroxyl groups is 1. The van der Waals surface area contributed by atoms with Crippen LogP contribution < -0.4 is 11.2 Å². The summed E-state index contributed by atoms with van der Waals surface area (Å²) >= 11 is 0. The maximum absolute atomic E-state index is 13.6. The van der Waals surface area contributed by atoms with Crippen LogP contribution in [0.5, 0.6) is 0 Å². The summed E-state index contributed by atoms with van der Waals surface area (Å²) in [6.45, 7) is 10.7. The molecule has 0 aliphatic carbocycles. The summed E-state index contributed by atoms with van der Waals surface area (Å²) in [6.07, 6.45) is 2.83. The van der Waals surface area contributed by atoms with Crippen LogP contribution in [0.25, 0.3) is 22.2 Å². The van der Waals surface area contributed by atoms with Crippen molar-refractivity contribution in [3.05, 3.63) is 62.4 Å². The fraction of sp³-hybridized carbons (Fsp3) is 0.500. The van der Waals surface area contributed by atoms with Crippen LogP contribution in [0.4, 0.5) is 0 Å². The number of nitrogens with zero attached hydrogens (tertiary/aromatic N) is 3. The van der Waals surface area contributed by atoms with Crippen molar-refractivity contribution in [3.8, 4) is 11.3 Å². The first-order chi connectivity index (χ1) is 15.2. The maximum atomic E-state index is 13.6. The Morgan fingerprint density at radius 1 is 1.09 bits per heavy atom. The highest BCUT2D eigenvalue weighted by Gasteiger charge is 2.25. The minimum atomic E-state index is -0.869. The van der Waals surface area contributed by atoms with E-state index in [0.29, 0.717) is 35.1 Å². The molecule has 0 radical (unpaired) electrons. The van der Waals surface area contributed by atoms with Crippen LogP contribution in [-0.4, -0.2) is 19.2 Å². The Labute approximate surface area is 189 Å². The number of benzene rings is 1. The van der Waals surface area contributed by atoms with Crippen LogP contribution >= 0.6 is 0 Å². The molecule has 2 heterocycles. The highest BCUT2D eigenvalue weighted by molar-refractivity contribution is 5.88. The van der Waals surface area contributed by atoms with E-state index in [9.17, 15) is 14.7 Å². The Kier molecular flexibility index (Phi) is 7.34. The second-order valence-corrected chi connectivity index (χ2v) is 9.32. The molecule has 32 heavy (non-hydrogen) atoms. The molecule has 172 valence electrons. The zero-order valence-electron chi connectivity index (χ0n) is 20.1. The zero-order valence-corrected chi connectivity index (χ0v) is 20.1. The van der Waals surface area contributed by atoms with Crippen molar-refractivity contribution in [2.24, 2.45) is 13.0 Å². The quantitative estimate of drug-likeness (QED) is 0.551. The molecule has 0 fully saturated rings. The molecule has 1 aromatic carbocycles. The fourth-order valence-electron chi connectivity index (χ4n) is 4.33. The molecule has 0 aliphatic rings. The van der Waals surface area contributed by atoms with Crippen molar-refractivity contribution < 1.29 is 5.11 Å². The lowest BCUT2D eigenvalue weighted by Gasteiger charge is -2.22. The average Bonchev–Trinajstić information content (AvgIpc) is 2.76. The smallest absolute Gasteiger partial charge is 0.331 e. The number of aromatic nitrogens is 3. The van der Waals surface area contributed by atoms with E-state index in [1.807, 2.05) is 39.0 Å². The van der Waals surface area contributed by atoms with Gasteiger partial charge in [0, 0.05) is 24.7 Å². The van der Waals surface area contributed by atoms with E-state index < -0.39 is 6.10 Å². The molecular formula is C26H35N3O3. The van der Waals surface area contributed by atoms with E-state index in [4.69, 9.17) is 4.98 Å². The van der Waals surface area contributed by atoms with Gasteiger partial charge in [0.15, 0.2) is 0 Å². The van der Waals surface area contributed by atoms with Gasteiger partial charge in [-0.3, -0.25) is 18.9 Å². The van der Waals surface area contributed by atoms with Crippen molar-refractivity contribution in [1.82, 2.24) is 14.1 Å². The maximum Gasteiger partial charge on any atom is 0.331 e. The number of rotatable bonds is 8. The molecule has 6 heteroatoms. The first-order valence-electron chi connectivity index (χ1n) is 11.6. The topological polar surface area (TPSA) is 77.1 Å². The average molecular weight is 438 g/mol. The molecule has 1 N–H and O–H groups in total. The minimum absolute atomic E-state index is 0.225. The van der Waals surface area contributed by atoms with Crippen molar-refractivity contribution in [2.75, 3.05) is 0 Å². The van der Waals surface area contributed by atoms with Gasteiger partial charge < -0.3 is 5.11 Å². The van der Waals surface area contributed by atoms with Gasteiger partial charge >= 0.3 is 5.69 Å². The van der Waals surface area contributed by atoms with Crippen molar-refractivity contribution in [3.63, 3.8) is 0 Å². The number of fused-ring (bicyclic) bond motifs is 1. The van der Waals surface area contributed by atoms with Gasteiger partial charge in [-0.05, 0) is 30.2 Å². The van der Waals surface area contributed by atoms with Crippen LogP contribution in [0.3, 0.4) is 0 Å². The lowest BCUT2D eigenvalue weighted by Crippen LogP contribution is -2.39. The first kappa shape index (κ1) is 23.9. The normalized spacial score (nSPS) is 12.8. The van der Waals surface area contributed by atoms with E-state index >= 15 is 0 Å². The van der Waals surface area contributed by atoms with Crippen LogP contribution in [0, 0.1) is 5.92 Å². The van der Waals surface area contributed by atoms with Crippen molar-refractivity contribution in [2.45, 2.75) is 72.4 Å². The number of hydrogen-bond donors (Lipinski definition) is 1. The van der Waals surface area contributed by atoms with E-state index in [2.05, 4.69) is 19.9 Å². The SMILES string of the molecule is CCCCn1c(=O)c2c(C(O)CC(C)C)c(-c3ccccc3C(C)C)ncc2n(C)c1=O. The molecule has 0 saturated carbocycles. The van der Waals surface area contributed by atoms with Crippen LogP contribution in [0.2, 0.25) is 0 Å². The number of aryl methyl sites for hydroxylation is 1. The highest BCUT2D eigenvalue weighted by atomic mass is 16.3. The molecule has 0 saturated heterocycles. The lowest BCUT2D eigenvalue weighted by atomic mass is 9.89. The molecule has 0 amide bonds. The standard InChI is InChI=1S/C26H35N3O3/c1-7-8-13-29-25(31)22-20(28(6)26(29)32)15-27-24(23(22)21(30)14-16(2)3)19-12-10-9-11-18(19)17(4)5/h9-12,15-17,21,30H,7-8,13-14H2,1-6H3. The fourth-order valence-corrected chi connectivity index (χ4v) is 4.33. The zero-order chi connectivity index (χ0) is 23.6. The van der Waals surface area contributed by atoms with Gasteiger partial charge in [-0.25, -0.2) is 4.79 Å². The van der Waals surface area contributed by atoms with Gasteiger partial charge in [0.1, 0.15) is 0 Å². The van der Waals surface area contributed by atoms with E-state index in [1.165, 1.54) is 9.13 Å². The Morgan fingerprint density at radius 3 is 2.41 bits per heavy atom. The van der Waals surface area contributed by atoms with E-state index in [1.54, 1.807) is 13.2 Å². The van der Waals surface area contributed by atoms with Gasteiger partial charge in [0.2, 0.25) is 0 Å². The second-order valence-electron chi connectivity index (χ2n) is 9.32. The Hall–Kier alpha value is -2.73. The van der Waals surface area contributed by atoms with E-state index in [0.717, 1.165) is 24.0 Å². The molecule has 0 bridgehead atoms. The van der Waals surface area contributed by atoms with Crippen molar-refractivity contribution >= 4 is 10.9 Å². The Bertz CT molecular complexity index is 1220. The first-order valence-corrected chi connectivity index (χ1v) is 11.6. The third-order valence-corrected chi connectivity index (χ3v) is 6.04. The summed E-state index contributed by atoms with van der Waals surface area (Å²) < 4.78 is 2.78. The summed E-state index contributed by atoms with van der Waals surface area (Å²) in [7, 11) is 1.66. The number of pyridine rings is 1. The van der Waals surface area contributed by atoms with Crippen molar-refractivity contribution in [1.29, 1.82) is 0 Å². The molecule has 0 spiro atoms. The van der Waals surface area contributed by atoms with Crippen LogP contribution in [0.15, 0.2) is 40.1 Å². The Morgan fingerprint density at radius 2 is 1.78 bits per heavy atom. The molecule has 3 aromatic rings. The third kappa shape index (κ3) is 4.42. The van der Waals surface area contributed by atoms with Crippen LogP contribution in [-0.2, 0) is 13.6 Å². The third-order valence-electron chi connectivity index (χ3n) is 6.04. The minimum Gasteiger partial charge on any atom is -0.388 e. The largest absolute Gasteiger partial charge is 0.388 e.